The van der Waals surface area contributed by atoms with Crippen molar-refractivity contribution in [2.75, 3.05) is 0 Å². The molecular weight excluding hydrogens is 264 g/mol. The van der Waals surface area contributed by atoms with E-state index in [1.165, 1.54) is 12.3 Å². The van der Waals surface area contributed by atoms with Gasteiger partial charge in [0.15, 0.2) is 0 Å². The standard InChI is InChI=1S/C10H11ClN2O5/c11-5-3-7(12-4-5)9(16)13-6(10(17)18)1-2-8(14)15/h3-4,6,12H,1-2H2,(H,13,16)(H,14,15)(H,17,18)/t6-/m0/s1. The Labute approximate surface area is 107 Å². The van der Waals surface area contributed by atoms with Crippen LogP contribution in [0, 0.1) is 0 Å². The predicted octanol–water partition coefficient (Wildman–Crippen LogP) is 0.716. The van der Waals surface area contributed by atoms with E-state index in [-0.39, 0.29) is 18.5 Å². The maximum atomic E-state index is 11.6. The van der Waals surface area contributed by atoms with Crippen LogP contribution in [0.1, 0.15) is 23.3 Å². The molecule has 0 saturated heterocycles. The number of carbonyl (C=O) groups is 3. The molecule has 0 bridgehead atoms. The summed E-state index contributed by atoms with van der Waals surface area (Å²) in [4.78, 5) is 35.4. The minimum absolute atomic E-state index is 0.113. The molecule has 7 nitrogen and oxygen atoms in total. The number of carboxylic acids is 2. The van der Waals surface area contributed by atoms with Crippen LogP contribution < -0.4 is 5.32 Å². The highest BCUT2D eigenvalue weighted by Gasteiger charge is 2.22. The predicted molar refractivity (Wildman–Crippen MR) is 61.6 cm³/mol. The summed E-state index contributed by atoms with van der Waals surface area (Å²) in [6, 6.07) is 0.0863. The van der Waals surface area contributed by atoms with Gasteiger partial charge < -0.3 is 20.5 Å². The fraction of sp³-hybridized carbons (Fsp3) is 0.300. The Morgan fingerprint density at radius 3 is 2.50 bits per heavy atom. The van der Waals surface area contributed by atoms with Crippen molar-refractivity contribution in [3.63, 3.8) is 0 Å². The summed E-state index contributed by atoms with van der Waals surface area (Å²) >= 11 is 5.60. The summed E-state index contributed by atoms with van der Waals surface area (Å²) in [5.41, 5.74) is 0.113. The topological polar surface area (TPSA) is 119 Å². The summed E-state index contributed by atoms with van der Waals surface area (Å²) in [6.07, 6.45) is 0.844. The van der Waals surface area contributed by atoms with Gasteiger partial charge in [0.25, 0.3) is 5.91 Å². The van der Waals surface area contributed by atoms with Crippen LogP contribution in [-0.2, 0) is 9.59 Å². The highest BCUT2D eigenvalue weighted by Crippen LogP contribution is 2.09. The third kappa shape index (κ3) is 4.10. The molecule has 1 aromatic rings. The van der Waals surface area contributed by atoms with E-state index < -0.39 is 23.9 Å². The molecule has 1 aromatic heterocycles. The van der Waals surface area contributed by atoms with Crippen LogP contribution in [0.25, 0.3) is 0 Å². The fourth-order valence-corrected chi connectivity index (χ4v) is 1.42. The van der Waals surface area contributed by atoms with Crippen molar-refractivity contribution < 1.29 is 24.6 Å². The average Bonchev–Trinajstić information content (AvgIpc) is 2.70. The molecule has 0 unspecified atom stereocenters. The second-order valence-electron chi connectivity index (χ2n) is 3.53. The number of aromatic nitrogens is 1. The van der Waals surface area contributed by atoms with Gasteiger partial charge in [-0.15, -0.1) is 0 Å². The zero-order chi connectivity index (χ0) is 13.7. The fourth-order valence-electron chi connectivity index (χ4n) is 1.26. The maximum absolute atomic E-state index is 11.6. The zero-order valence-electron chi connectivity index (χ0n) is 9.14. The first-order valence-corrected chi connectivity index (χ1v) is 5.37. The smallest absolute Gasteiger partial charge is 0.326 e. The first kappa shape index (κ1) is 14.0. The number of carbonyl (C=O) groups excluding carboxylic acids is 1. The molecule has 8 heteroatoms. The van der Waals surface area contributed by atoms with E-state index in [0.717, 1.165) is 0 Å². The molecule has 0 aromatic carbocycles. The highest BCUT2D eigenvalue weighted by molar-refractivity contribution is 6.30. The third-order valence-electron chi connectivity index (χ3n) is 2.14. The Morgan fingerprint density at radius 1 is 1.39 bits per heavy atom. The first-order valence-electron chi connectivity index (χ1n) is 4.99. The number of nitrogens with one attached hydrogen (secondary N) is 2. The number of rotatable bonds is 6. The van der Waals surface area contributed by atoms with E-state index in [2.05, 4.69) is 10.3 Å². The molecule has 18 heavy (non-hydrogen) atoms. The Hall–Kier alpha value is -2.02. The second-order valence-corrected chi connectivity index (χ2v) is 3.96. The molecular formula is C10H11ClN2O5. The molecule has 1 amide bonds. The monoisotopic (exact) mass is 274 g/mol. The van der Waals surface area contributed by atoms with Crippen molar-refractivity contribution in [2.45, 2.75) is 18.9 Å². The van der Waals surface area contributed by atoms with Gasteiger partial charge in [-0.25, -0.2) is 4.79 Å². The van der Waals surface area contributed by atoms with Crippen molar-refractivity contribution in [2.24, 2.45) is 0 Å². The normalized spacial score (nSPS) is 11.8. The lowest BCUT2D eigenvalue weighted by Gasteiger charge is -2.12. The minimum Gasteiger partial charge on any atom is -0.481 e. The van der Waals surface area contributed by atoms with E-state index in [4.69, 9.17) is 21.8 Å². The van der Waals surface area contributed by atoms with Gasteiger partial charge in [-0.05, 0) is 12.5 Å². The van der Waals surface area contributed by atoms with Gasteiger partial charge in [0.2, 0.25) is 0 Å². The third-order valence-corrected chi connectivity index (χ3v) is 2.36. The summed E-state index contributed by atoms with van der Waals surface area (Å²) in [5.74, 6) is -3.07. The van der Waals surface area contributed by atoms with Gasteiger partial charge in [0, 0.05) is 12.6 Å². The number of aliphatic carboxylic acids is 2. The van der Waals surface area contributed by atoms with Crippen molar-refractivity contribution in [3.8, 4) is 0 Å². The number of halogens is 1. The van der Waals surface area contributed by atoms with Crippen molar-refractivity contribution in [1.82, 2.24) is 10.3 Å². The SMILES string of the molecule is O=C(O)CC[C@H](NC(=O)c1cc(Cl)c[nH]1)C(=O)O. The second kappa shape index (κ2) is 6.06. The van der Waals surface area contributed by atoms with Gasteiger partial charge in [0.1, 0.15) is 11.7 Å². The van der Waals surface area contributed by atoms with E-state index in [1.807, 2.05) is 0 Å². The average molecular weight is 275 g/mol. The van der Waals surface area contributed by atoms with Crippen LogP contribution in [0.15, 0.2) is 12.3 Å². The first-order chi connectivity index (χ1) is 8.40. The van der Waals surface area contributed by atoms with E-state index in [1.54, 1.807) is 0 Å². The van der Waals surface area contributed by atoms with Crippen LogP contribution in [-0.4, -0.2) is 39.1 Å². The van der Waals surface area contributed by atoms with Crippen molar-refractivity contribution >= 4 is 29.4 Å². The molecule has 0 spiro atoms. The number of carboxylic acid groups (broad SMARTS) is 2. The van der Waals surface area contributed by atoms with Crippen LogP contribution >= 0.6 is 11.6 Å². The lowest BCUT2D eigenvalue weighted by Crippen LogP contribution is -2.41. The number of hydrogen-bond acceptors (Lipinski definition) is 3. The summed E-state index contributed by atoms with van der Waals surface area (Å²) < 4.78 is 0. The van der Waals surface area contributed by atoms with Crippen molar-refractivity contribution in [1.29, 1.82) is 0 Å². The summed E-state index contributed by atoms with van der Waals surface area (Å²) in [5, 5.41) is 19.8. The lowest BCUT2D eigenvalue weighted by atomic mass is 10.1. The molecule has 4 N–H and O–H groups in total. The number of amides is 1. The minimum atomic E-state index is -1.29. The molecule has 0 aliphatic heterocycles. The van der Waals surface area contributed by atoms with Gasteiger partial charge in [-0.3, -0.25) is 9.59 Å². The zero-order valence-corrected chi connectivity index (χ0v) is 9.90. The van der Waals surface area contributed by atoms with Crippen LogP contribution in [0.2, 0.25) is 5.02 Å². The molecule has 1 rings (SSSR count). The Bertz CT molecular complexity index is 471. The number of hydrogen-bond donors (Lipinski definition) is 4. The quantitative estimate of drug-likeness (QED) is 0.609. The summed E-state index contributed by atoms with van der Waals surface area (Å²) in [6.45, 7) is 0. The Kier molecular flexibility index (Phi) is 4.73. The van der Waals surface area contributed by atoms with E-state index >= 15 is 0 Å². The molecule has 0 radical (unpaired) electrons. The number of H-pyrrole nitrogens is 1. The largest absolute Gasteiger partial charge is 0.481 e. The van der Waals surface area contributed by atoms with Crippen LogP contribution in [0.5, 0.6) is 0 Å². The van der Waals surface area contributed by atoms with Gasteiger partial charge >= 0.3 is 11.9 Å². The molecule has 1 atom stereocenters. The number of aromatic amines is 1. The highest BCUT2D eigenvalue weighted by atomic mass is 35.5. The Balaban J connectivity index is 2.63. The lowest BCUT2D eigenvalue weighted by molar-refractivity contribution is -0.140. The molecule has 0 fully saturated rings. The van der Waals surface area contributed by atoms with Gasteiger partial charge in [-0.2, -0.15) is 0 Å². The molecule has 0 aliphatic carbocycles. The van der Waals surface area contributed by atoms with Gasteiger partial charge in [-0.1, -0.05) is 11.6 Å². The molecule has 0 saturated carbocycles. The van der Waals surface area contributed by atoms with E-state index in [0.29, 0.717) is 5.02 Å². The molecule has 98 valence electrons. The maximum Gasteiger partial charge on any atom is 0.326 e. The van der Waals surface area contributed by atoms with E-state index in [9.17, 15) is 14.4 Å². The Morgan fingerprint density at radius 2 is 2.06 bits per heavy atom. The summed E-state index contributed by atoms with van der Waals surface area (Å²) in [7, 11) is 0. The van der Waals surface area contributed by atoms with Gasteiger partial charge in [0.05, 0.1) is 5.02 Å². The van der Waals surface area contributed by atoms with Crippen LogP contribution in [0.3, 0.4) is 0 Å². The van der Waals surface area contributed by atoms with Crippen LogP contribution in [0.4, 0.5) is 0 Å². The molecule has 1 heterocycles. The molecule has 0 aliphatic rings. The van der Waals surface area contributed by atoms with Crippen molar-refractivity contribution in [3.05, 3.63) is 23.0 Å².